The number of rotatable bonds is 2. The van der Waals surface area contributed by atoms with Crippen molar-refractivity contribution in [2.45, 2.75) is 24.6 Å². The summed E-state index contributed by atoms with van der Waals surface area (Å²) in [6.07, 6.45) is -0.321. The number of halogens is 4. The van der Waals surface area contributed by atoms with Gasteiger partial charge in [0.25, 0.3) is 0 Å². The van der Waals surface area contributed by atoms with Gasteiger partial charge in [0.2, 0.25) is 0 Å². The summed E-state index contributed by atoms with van der Waals surface area (Å²) >= 11 is 6.24. The second-order valence-electron chi connectivity index (χ2n) is 6.75. The van der Waals surface area contributed by atoms with E-state index in [9.17, 15) is 23.1 Å². The SMILES string of the molecule is O=C(O)c1ccccc1[C@@H]1Nc2c(Cl)ccc(C(F)(F)F)c2[C@H]2C=CC[C@H]21. The molecule has 140 valence electrons. The Morgan fingerprint density at radius 2 is 1.93 bits per heavy atom. The molecule has 3 nitrogen and oxygen atoms in total. The van der Waals surface area contributed by atoms with E-state index in [0.29, 0.717) is 12.0 Å². The van der Waals surface area contributed by atoms with Crippen molar-refractivity contribution in [3.63, 3.8) is 0 Å². The van der Waals surface area contributed by atoms with E-state index in [4.69, 9.17) is 11.6 Å². The molecule has 7 heteroatoms. The summed E-state index contributed by atoms with van der Waals surface area (Å²) in [4.78, 5) is 11.6. The second-order valence-corrected chi connectivity index (χ2v) is 7.16. The average Bonchev–Trinajstić information content (AvgIpc) is 3.10. The molecule has 0 saturated heterocycles. The minimum Gasteiger partial charge on any atom is -0.478 e. The molecule has 2 aliphatic rings. The molecular weight excluding hydrogens is 379 g/mol. The van der Waals surface area contributed by atoms with Crippen molar-refractivity contribution in [1.29, 1.82) is 0 Å². The zero-order valence-electron chi connectivity index (χ0n) is 13.9. The first-order valence-electron chi connectivity index (χ1n) is 8.44. The van der Waals surface area contributed by atoms with Gasteiger partial charge in [0, 0.05) is 5.92 Å². The van der Waals surface area contributed by atoms with Crippen LogP contribution >= 0.6 is 11.6 Å². The summed E-state index contributed by atoms with van der Waals surface area (Å²) in [6, 6.07) is 8.34. The monoisotopic (exact) mass is 393 g/mol. The van der Waals surface area contributed by atoms with Gasteiger partial charge in [-0.1, -0.05) is 42.0 Å². The number of carboxylic acid groups (broad SMARTS) is 1. The van der Waals surface area contributed by atoms with Crippen molar-refractivity contribution in [3.8, 4) is 0 Å². The van der Waals surface area contributed by atoms with Gasteiger partial charge in [-0.25, -0.2) is 4.79 Å². The number of carboxylic acids is 1. The lowest BCUT2D eigenvalue weighted by atomic mass is 9.74. The smallest absolute Gasteiger partial charge is 0.416 e. The number of fused-ring (bicyclic) bond motifs is 3. The maximum absolute atomic E-state index is 13.6. The molecule has 0 unspecified atom stereocenters. The first kappa shape index (κ1) is 17.9. The molecule has 0 fully saturated rings. The molecule has 0 saturated carbocycles. The molecule has 2 aromatic carbocycles. The van der Waals surface area contributed by atoms with Gasteiger partial charge in [0.05, 0.1) is 27.9 Å². The third-order valence-electron chi connectivity index (χ3n) is 5.30. The molecule has 0 amide bonds. The number of alkyl halides is 3. The van der Waals surface area contributed by atoms with Gasteiger partial charge in [0.15, 0.2) is 0 Å². The predicted octanol–water partition coefficient (Wildman–Crippen LogP) is 5.88. The highest BCUT2D eigenvalue weighted by molar-refractivity contribution is 6.33. The van der Waals surface area contributed by atoms with Crippen molar-refractivity contribution >= 4 is 23.3 Å². The fraction of sp³-hybridized carbons (Fsp3) is 0.250. The van der Waals surface area contributed by atoms with Crippen LogP contribution in [0.3, 0.4) is 0 Å². The van der Waals surface area contributed by atoms with Crippen LogP contribution in [0.15, 0.2) is 48.6 Å². The van der Waals surface area contributed by atoms with Gasteiger partial charge in [-0.2, -0.15) is 13.2 Å². The van der Waals surface area contributed by atoms with E-state index in [0.717, 1.165) is 6.07 Å². The third-order valence-corrected chi connectivity index (χ3v) is 5.62. The van der Waals surface area contributed by atoms with E-state index in [1.165, 1.54) is 12.1 Å². The van der Waals surface area contributed by atoms with Crippen LogP contribution in [0.5, 0.6) is 0 Å². The Morgan fingerprint density at radius 3 is 2.63 bits per heavy atom. The van der Waals surface area contributed by atoms with E-state index >= 15 is 0 Å². The van der Waals surface area contributed by atoms with Crippen LogP contribution in [0.2, 0.25) is 5.02 Å². The fourth-order valence-corrected chi connectivity index (χ4v) is 4.41. The number of nitrogens with one attached hydrogen (secondary N) is 1. The lowest BCUT2D eigenvalue weighted by molar-refractivity contribution is -0.138. The molecule has 0 radical (unpaired) electrons. The Morgan fingerprint density at radius 1 is 1.19 bits per heavy atom. The van der Waals surface area contributed by atoms with E-state index in [-0.39, 0.29) is 27.8 Å². The zero-order valence-corrected chi connectivity index (χ0v) is 14.7. The molecular formula is C20H15ClF3NO2. The van der Waals surface area contributed by atoms with Gasteiger partial charge < -0.3 is 10.4 Å². The minimum absolute atomic E-state index is 0.132. The number of anilines is 1. The molecule has 4 rings (SSSR count). The predicted molar refractivity (Wildman–Crippen MR) is 96.2 cm³/mol. The summed E-state index contributed by atoms with van der Waals surface area (Å²) in [6.45, 7) is 0. The van der Waals surface area contributed by atoms with Crippen LogP contribution in [-0.2, 0) is 6.18 Å². The number of hydrogen-bond acceptors (Lipinski definition) is 2. The normalized spacial score (nSPS) is 23.5. The van der Waals surface area contributed by atoms with Crippen LogP contribution in [0, 0.1) is 5.92 Å². The van der Waals surface area contributed by atoms with Crippen molar-refractivity contribution in [2.24, 2.45) is 5.92 Å². The maximum atomic E-state index is 13.6. The Hall–Kier alpha value is -2.47. The Labute approximate surface area is 158 Å². The van der Waals surface area contributed by atoms with Crippen molar-refractivity contribution in [3.05, 3.63) is 75.8 Å². The number of aromatic carboxylic acids is 1. The largest absolute Gasteiger partial charge is 0.478 e. The summed E-state index contributed by atoms with van der Waals surface area (Å²) in [7, 11) is 0. The second kappa shape index (κ2) is 6.30. The minimum atomic E-state index is -4.50. The lowest BCUT2D eigenvalue weighted by Crippen LogP contribution is -2.32. The molecule has 0 spiro atoms. The third kappa shape index (κ3) is 2.88. The fourth-order valence-electron chi connectivity index (χ4n) is 4.19. The molecule has 0 aromatic heterocycles. The van der Waals surface area contributed by atoms with Crippen molar-refractivity contribution < 1.29 is 23.1 Å². The summed E-state index contributed by atoms with van der Waals surface area (Å²) < 4.78 is 40.7. The summed E-state index contributed by atoms with van der Waals surface area (Å²) in [5.74, 6) is -1.78. The van der Waals surface area contributed by atoms with Gasteiger partial charge in [-0.3, -0.25) is 0 Å². The molecule has 1 heterocycles. The molecule has 1 aliphatic heterocycles. The molecule has 1 aliphatic carbocycles. The highest BCUT2D eigenvalue weighted by atomic mass is 35.5. The number of allylic oxidation sites excluding steroid dienone is 2. The number of benzene rings is 2. The van der Waals surface area contributed by atoms with Crippen LogP contribution in [0.25, 0.3) is 0 Å². The van der Waals surface area contributed by atoms with Crippen molar-refractivity contribution in [1.82, 2.24) is 0 Å². The highest BCUT2D eigenvalue weighted by Gasteiger charge is 2.45. The maximum Gasteiger partial charge on any atom is 0.416 e. The van der Waals surface area contributed by atoms with Crippen LogP contribution in [-0.4, -0.2) is 11.1 Å². The van der Waals surface area contributed by atoms with Gasteiger partial charge in [0.1, 0.15) is 0 Å². The molecule has 27 heavy (non-hydrogen) atoms. The Kier molecular flexibility index (Phi) is 4.18. The van der Waals surface area contributed by atoms with Crippen LogP contribution in [0.1, 0.15) is 45.4 Å². The first-order valence-corrected chi connectivity index (χ1v) is 8.82. The first-order chi connectivity index (χ1) is 12.8. The number of hydrogen-bond donors (Lipinski definition) is 2. The average molecular weight is 394 g/mol. The van der Waals surface area contributed by atoms with Gasteiger partial charge in [-0.05, 0) is 41.7 Å². The van der Waals surface area contributed by atoms with Crippen molar-refractivity contribution in [2.75, 3.05) is 5.32 Å². The zero-order chi connectivity index (χ0) is 19.3. The Bertz CT molecular complexity index is 955. The Balaban J connectivity index is 1.91. The highest BCUT2D eigenvalue weighted by Crippen LogP contribution is 2.55. The topological polar surface area (TPSA) is 49.3 Å². The summed E-state index contributed by atoms with van der Waals surface area (Å²) in [5, 5.41) is 12.8. The van der Waals surface area contributed by atoms with Gasteiger partial charge in [-0.15, -0.1) is 0 Å². The molecule has 2 N–H and O–H groups in total. The molecule has 2 aromatic rings. The standard InChI is InChI=1S/C20H15ClF3NO2/c21-15-9-8-14(20(22,23)24)16-10-6-3-7-11(10)17(25-18(15)16)12-4-1-2-5-13(12)19(26)27/h1-6,8-11,17,25H,7H2,(H,26,27)/t10-,11+,17+/m0/s1. The van der Waals surface area contributed by atoms with E-state index in [1.54, 1.807) is 24.3 Å². The van der Waals surface area contributed by atoms with Gasteiger partial charge >= 0.3 is 12.1 Å². The lowest BCUT2D eigenvalue weighted by Gasteiger charge is -2.39. The van der Waals surface area contributed by atoms with Crippen LogP contribution in [0.4, 0.5) is 18.9 Å². The summed E-state index contributed by atoms with van der Waals surface area (Å²) in [5.41, 5.74) is 0.332. The molecule has 0 bridgehead atoms. The number of carbonyl (C=O) groups is 1. The van der Waals surface area contributed by atoms with Crippen LogP contribution < -0.4 is 5.32 Å². The van der Waals surface area contributed by atoms with E-state index in [2.05, 4.69) is 5.32 Å². The quantitative estimate of drug-likeness (QED) is 0.626. The van der Waals surface area contributed by atoms with E-state index < -0.39 is 29.7 Å². The van der Waals surface area contributed by atoms with E-state index in [1.807, 2.05) is 6.08 Å². The molecule has 3 atom stereocenters.